The van der Waals surface area contributed by atoms with E-state index in [4.69, 9.17) is 0 Å². The summed E-state index contributed by atoms with van der Waals surface area (Å²) in [5.74, 6) is -1.06. The fraction of sp³-hybridized carbons (Fsp3) is 0.250. The van der Waals surface area contributed by atoms with E-state index in [0.29, 0.717) is 0 Å². The van der Waals surface area contributed by atoms with Crippen LogP contribution in [-0.2, 0) is 6.18 Å². The zero-order valence-electron chi connectivity index (χ0n) is 4.44. The lowest BCUT2D eigenvalue weighted by Gasteiger charge is -1.96. The van der Waals surface area contributed by atoms with Crippen molar-refractivity contribution in [1.82, 2.24) is 5.16 Å². The molecule has 0 unspecified atom stereocenters. The number of alkyl halides is 3. The molecule has 1 aromatic rings. The van der Waals surface area contributed by atoms with Crippen LogP contribution in [0.1, 0.15) is 5.76 Å². The molecule has 1 rings (SSSR count). The van der Waals surface area contributed by atoms with Crippen molar-refractivity contribution in [3.63, 3.8) is 0 Å². The maximum absolute atomic E-state index is 11.7. The zero-order valence-corrected chi connectivity index (χ0v) is 6.60. The van der Waals surface area contributed by atoms with Crippen LogP contribution in [0.25, 0.3) is 0 Å². The summed E-state index contributed by atoms with van der Waals surface area (Å²) in [6, 6.07) is 0.834. The molecule has 10 heavy (non-hydrogen) atoms. The van der Waals surface area contributed by atoms with E-state index in [1.807, 2.05) is 0 Å². The standard InChI is InChI=1S/C4HF3INO/c5-4(6,7)2-1-3(8)9-10-2/h1H. The lowest BCUT2D eigenvalue weighted by atomic mass is 10.5. The van der Waals surface area contributed by atoms with E-state index in [0.717, 1.165) is 6.07 Å². The van der Waals surface area contributed by atoms with Gasteiger partial charge in [0, 0.05) is 6.07 Å². The van der Waals surface area contributed by atoms with Gasteiger partial charge in [0.05, 0.1) is 0 Å². The molecule has 0 aliphatic heterocycles. The minimum atomic E-state index is -4.42. The molecule has 0 radical (unpaired) electrons. The third-order valence-electron chi connectivity index (χ3n) is 0.761. The number of halogens is 4. The highest BCUT2D eigenvalue weighted by Gasteiger charge is 2.35. The Morgan fingerprint density at radius 1 is 1.50 bits per heavy atom. The van der Waals surface area contributed by atoms with Crippen molar-refractivity contribution in [3.05, 3.63) is 15.5 Å². The fourth-order valence-corrected chi connectivity index (χ4v) is 0.769. The molecule has 0 aliphatic carbocycles. The van der Waals surface area contributed by atoms with E-state index in [1.165, 1.54) is 0 Å². The molecule has 0 atom stereocenters. The van der Waals surface area contributed by atoms with Crippen LogP contribution in [0.4, 0.5) is 13.2 Å². The highest BCUT2D eigenvalue weighted by Crippen LogP contribution is 2.29. The molecule has 0 bridgehead atoms. The van der Waals surface area contributed by atoms with Crippen LogP contribution >= 0.6 is 22.6 Å². The van der Waals surface area contributed by atoms with Crippen LogP contribution in [0.2, 0.25) is 0 Å². The Kier molecular flexibility index (Phi) is 1.88. The van der Waals surface area contributed by atoms with Gasteiger partial charge < -0.3 is 4.52 Å². The van der Waals surface area contributed by atoms with E-state index < -0.39 is 11.9 Å². The van der Waals surface area contributed by atoms with Crippen LogP contribution < -0.4 is 0 Å². The lowest BCUT2D eigenvalue weighted by Crippen LogP contribution is -2.02. The van der Waals surface area contributed by atoms with Crippen molar-refractivity contribution in [3.8, 4) is 0 Å². The maximum Gasteiger partial charge on any atom is 0.452 e. The lowest BCUT2D eigenvalue weighted by molar-refractivity contribution is -0.155. The van der Waals surface area contributed by atoms with Gasteiger partial charge in [-0.3, -0.25) is 0 Å². The van der Waals surface area contributed by atoms with Gasteiger partial charge in [0.1, 0.15) is 3.70 Å². The van der Waals surface area contributed by atoms with Crippen molar-refractivity contribution < 1.29 is 17.7 Å². The molecular weight excluding hydrogens is 262 g/mol. The molecule has 0 fully saturated rings. The number of aromatic nitrogens is 1. The molecule has 56 valence electrons. The van der Waals surface area contributed by atoms with E-state index >= 15 is 0 Å². The van der Waals surface area contributed by atoms with Crippen molar-refractivity contribution in [2.75, 3.05) is 0 Å². The van der Waals surface area contributed by atoms with E-state index in [1.54, 1.807) is 22.6 Å². The van der Waals surface area contributed by atoms with Crippen molar-refractivity contribution in [2.45, 2.75) is 6.18 Å². The van der Waals surface area contributed by atoms with Gasteiger partial charge in [-0.1, -0.05) is 5.16 Å². The summed E-state index contributed by atoms with van der Waals surface area (Å²) < 4.78 is 39.1. The molecule has 6 heteroatoms. The molecule has 1 aromatic heterocycles. The third kappa shape index (κ3) is 1.61. The summed E-state index contributed by atoms with van der Waals surface area (Å²) in [6.07, 6.45) is -4.42. The van der Waals surface area contributed by atoms with Crippen LogP contribution in [0.15, 0.2) is 10.6 Å². The Balaban J connectivity index is 2.96. The largest absolute Gasteiger partial charge is 0.452 e. The molecule has 0 saturated carbocycles. The molecule has 0 amide bonds. The molecule has 0 saturated heterocycles. The second-order valence-electron chi connectivity index (χ2n) is 1.51. The summed E-state index contributed by atoms with van der Waals surface area (Å²) >= 11 is 1.64. The SMILES string of the molecule is FC(F)(F)c1cc(I)no1. The second-order valence-corrected chi connectivity index (χ2v) is 2.62. The molecule has 0 spiro atoms. The van der Waals surface area contributed by atoms with Gasteiger partial charge in [-0.05, 0) is 22.6 Å². The van der Waals surface area contributed by atoms with Crippen molar-refractivity contribution in [2.24, 2.45) is 0 Å². The normalized spacial score (nSPS) is 12.0. The predicted octanol–water partition coefficient (Wildman–Crippen LogP) is 2.30. The Morgan fingerprint density at radius 3 is 2.30 bits per heavy atom. The average molecular weight is 263 g/mol. The number of hydrogen-bond acceptors (Lipinski definition) is 2. The second kappa shape index (κ2) is 2.40. The van der Waals surface area contributed by atoms with Gasteiger partial charge >= 0.3 is 6.18 Å². The molecule has 2 nitrogen and oxygen atoms in total. The van der Waals surface area contributed by atoms with Gasteiger partial charge in [0.25, 0.3) is 0 Å². The molecule has 0 aromatic carbocycles. The summed E-state index contributed by atoms with van der Waals surface area (Å²) in [5, 5.41) is 3.07. The minimum absolute atomic E-state index is 0.199. The molecule has 0 N–H and O–H groups in total. The predicted molar refractivity (Wildman–Crippen MR) is 34.2 cm³/mol. The van der Waals surface area contributed by atoms with Crippen LogP contribution in [0.3, 0.4) is 0 Å². The Labute approximate surface area is 67.5 Å². The van der Waals surface area contributed by atoms with Crippen LogP contribution in [-0.4, -0.2) is 5.16 Å². The smallest absolute Gasteiger partial charge is 0.351 e. The number of nitrogens with zero attached hydrogens (tertiary/aromatic N) is 1. The highest BCUT2D eigenvalue weighted by atomic mass is 127. The topological polar surface area (TPSA) is 26.0 Å². The number of rotatable bonds is 0. The van der Waals surface area contributed by atoms with Gasteiger partial charge in [-0.25, -0.2) is 0 Å². The summed E-state index contributed by atoms with van der Waals surface area (Å²) in [4.78, 5) is 0. The van der Waals surface area contributed by atoms with Crippen LogP contribution in [0, 0.1) is 3.70 Å². The highest BCUT2D eigenvalue weighted by molar-refractivity contribution is 14.1. The van der Waals surface area contributed by atoms with Gasteiger partial charge in [-0.15, -0.1) is 0 Å². The van der Waals surface area contributed by atoms with E-state index in [-0.39, 0.29) is 3.70 Å². The fourth-order valence-electron chi connectivity index (χ4n) is 0.387. The average Bonchev–Trinajstić information content (AvgIpc) is 2.11. The summed E-state index contributed by atoms with van der Waals surface area (Å²) in [6.45, 7) is 0. The summed E-state index contributed by atoms with van der Waals surface area (Å²) in [7, 11) is 0. The maximum atomic E-state index is 11.7. The first-order valence-electron chi connectivity index (χ1n) is 2.19. The molecular formula is C4HF3INO. The first-order valence-corrected chi connectivity index (χ1v) is 3.27. The van der Waals surface area contributed by atoms with E-state index in [9.17, 15) is 13.2 Å². The minimum Gasteiger partial charge on any atom is -0.351 e. The van der Waals surface area contributed by atoms with Gasteiger partial charge in [0.15, 0.2) is 0 Å². The van der Waals surface area contributed by atoms with Gasteiger partial charge in [0.2, 0.25) is 5.76 Å². The molecule has 0 aliphatic rings. The Bertz CT molecular complexity index is 231. The van der Waals surface area contributed by atoms with Crippen LogP contribution in [0.5, 0.6) is 0 Å². The Morgan fingerprint density at radius 2 is 2.10 bits per heavy atom. The van der Waals surface area contributed by atoms with E-state index in [2.05, 4.69) is 9.68 Å². The first kappa shape index (κ1) is 7.83. The quantitative estimate of drug-likeness (QED) is 0.671. The van der Waals surface area contributed by atoms with Gasteiger partial charge in [-0.2, -0.15) is 13.2 Å². The first-order chi connectivity index (χ1) is 4.50. The number of hydrogen-bond donors (Lipinski definition) is 0. The molecule has 1 heterocycles. The Hall–Kier alpha value is -0.270. The third-order valence-corrected chi connectivity index (χ3v) is 1.27. The van der Waals surface area contributed by atoms with Crippen molar-refractivity contribution >= 4 is 22.6 Å². The summed E-state index contributed by atoms with van der Waals surface area (Å²) in [5.41, 5.74) is 0. The monoisotopic (exact) mass is 263 g/mol. The van der Waals surface area contributed by atoms with Crippen molar-refractivity contribution in [1.29, 1.82) is 0 Å². The zero-order chi connectivity index (χ0) is 7.78.